The predicted octanol–water partition coefficient (Wildman–Crippen LogP) is 0.535. The molecule has 0 bridgehead atoms. The number of H-pyrrole nitrogens is 1. The van der Waals surface area contributed by atoms with Gasteiger partial charge in [0.15, 0.2) is 5.03 Å². The molecule has 0 aromatic carbocycles. The zero-order chi connectivity index (χ0) is 12.5. The first kappa shape index (κ1) is 11.9. The number of sulfonamides is 1. The maximum absolute atomic E-state index is 11.9. The van der Waals surface area contributed by atoms with E-state index in [2.05, 4.69) is 14.7 Å². The molecule has 7 heteroatoms. The normalized spacial score (nSPS) is 11.9. The van der Waals surface area contributed by atoms with Gasteiger partial charge in [-0.3, -0.25) is 0 Å². The van der Waals surface area contributed by atoms with Crippen molar-refractivity contribution in [1.82, 2.24) is 19.3 Å². The van der Waals surface area contributed by atoms with Gasteiger partial charge in [-0.25, -0.2) is 18.1 Å². The molecule has 17 heavy (non-hydrogen) atoms. The molecule has 2 aromatic rings. The average molecular weight is 254 g/mol. The number of nitrogens with one attached hydrogen (secondary N) is 2. The van der Waals surface area contributed by atoms with Crippen molar-refractivity contribution in [3.8, 4) is 0 Å². The van der Waals surface area contributed by atoms with Crippen molar-refractivity contribution < 1.29 is 8.42 Å². The number of imidazole rings is 1. The smallest absolute Gasteiger partial charge is 0.257 e. The number of aromatic amines is 1. The maximum Gasteiger partial charge on any atom is 0.257 e. The summed E-state index contributed by atoms with van der Waals surface area (Å²) in [7, 11) is -1.65. The van der Waals surface area contributed by atoms with Crippen molar-refractivity contribution in [1.29, 1.82) is 0 Å². The lowest BCUT2D eigenvalue weighted by Crippen LogP contribution is -2.24. The van der Waals surface area contributed by atoms with Crippen LogP contribution >= 0.6 is 0 Å². The van der Waals surface area contributed by atoms with E-state index >= 15 is 0 Å². The molecule has 2 aromatic heterocycles. The topological polar surface area (TPSA) is 79.8 Å². The Kier molecular flexibility index (Phi) is 3.03. The van der Waals surface area contributed by atoms with Crippen LogP contribution in [0.1, 0.15) is 11.5 Å². The first-order valence-corrected chi connectivity index (χ1v) is 6.59. The van der Waals surface area contributed by atoms with Crippen molar-refractivity contribution in [3.05, 3.63) is 36.0 Å². The molecule has 6 nitrogen and oxygen atoms in total. The molecule has 0 radical (unpaired) electrons. The Labute approximate surface area is 99.7 Å². The van der Waals surface area contributed by atoms with E-state index in [4.69, 9.17) is 0 Å². The van der Waals surface area contributed by atoms with Crippen LogP contribution < -0.4 is 4.72 Å². The summed E-state index contributed by atoms with van der Waals surface area (Å²) in [6.07, 6.45) is 3.17. The molecule has 0 unspecified atom stereocenters. The van der Waals surface area contributed by atoms with Crippen molar-refractivity contribution in [2.75, 3.05) is 0 Å². The minimum Gasteiger partial charge on any atom is -0.353 e. The number of nitrogens with zero attached hydrogens (tertiary/aromatic N) is 2. The molecule has 2 rings (SSSR count). The molecule has 0 saturated heterocycles. The molecule has 0 aliphatic rings. The minimum absolute atomic E-state index is 0.0872. The fraction of sp³-hybridized carbons (Fsp3) is 0.300. The van der Waals surface area contributed by atoms with Gasteiger partial charge >= 0.3 is 0 Å². The van der Waals surface area contributed by atoms with E-state index in [0.29, 0.717) is 5.82 Å². The fourth-order valence-electron chi connectivity index (χ4n) is 1.46. The van der Waals surface area contributed by atoms with Gasteiger partial charge in [0.25, 0.3) is 10.0 Å². The van der Waals surface area contributed by atoms with Crippen LogP contribution in [0.4, 0.5) is 0 Å². The third-order valence-electron chi connectivity index (χ3n) is 2.46. The third-order valence-corrected chi connectivity index (χ3v) is 3.77. The molecular formula is C10H14N4O2S. The minimum atomic E-state index is -3.51. The van der Waals surface area contributed by atoms with E-state index in [0.717, 1.165) is 5.69 Å². The Balaban J connectivity index is 2.11. The zero-order valence-corrected chi connectivity index (χ0v) is 10.5. The highest BCUT2D eigenvalue weighted by molar-refractivity contribution is 7.89. The zero-order valence-electron chi connectivity index (χ0n) is 9.64. The molecule has 2 heterocycles. The van der Waals surface area contributed by atoms with Gasteiger partial charge in [-0.15, -0.1) is 0 Å². The Morgan fingerprint density at radius 1 is 1.53 bits per heavy atom. The highest BCUT2D eigenvalue weighted by atomic mass is 32.2. The molecule has 0 aliphatic heterocycles. The van der Waals surface area contributed by atoms with Crippen LogP contribution in [0, 0.1) is 6.92 Å². The first-order chi connectivity index (χ1) is 7.99. The molecule has 0 spiro atoms. The van der Waals surface area contributed by atoms with Gasteiger partial charge < -0.3 is 9.55 Å². The van der Waals surface area contributed by atoms with Crippen LogP contribution in [0.15, 0.2) is 29.6 Å². The summed E-state index contributed by atoms with van der Waals surface area (Å²) in [6, 6.07) is 3.73. The van der Waals surface area contributed by atoms with Gasteiger partial charge in [-0.2, -0.15) is 0 Å². The molecule has 0 aliphatic carbocycles. The van der Waals surface area contributed by atoms with E-state index in [1.807, 2.05) is 29.9 Å². The largest absolute Gasteiger partial charge is 0.353 e. The number of aryl methyl sites for hydroxylation is 2. The second-order valence-corrected chi connectivity index (χ2v) is 5.50. The van der Waals surface area contributed by atoms with Crippen LogP contribution in [0.2, 0.25) is 0 Å². The second-order valence-electron chi connectivity index (χ2n) is 3.77. The standard InChI is InChI=1S/C10H14N4O2S/c1-8-11-7-10(13-8)17(15,16)12-6-9-4-3-5-14(9)2/h3-5,7,12H,6H2,1-2H3,(H,11,13). The third kappa shape index (κ3) is 2.56. The first-order valence-electron chi connectivity index (χ1n) is 5.10. The number of hydrogen-bond acceptors (Lipinski definition) is 3. The molecule has 2 N–H and O–H groups in total. The van der Waals surface area contributed by atoms with Crippen molar-refractivity contribution in [3.63, 3.8) is 0 Å². The van der Waals surface area contributed by atoms with Gasteiger partial charge in [0, 0.05) is 18.9 Å². The summed E-state index contributed by atoms with van der Waals surface area (Å²) in [4.78, 5) is 6.56. The lowest BCUT2D eigenvalue weighted by atomic mass is 10.4. The predicted molar refractivity (Wildman–Crippen MR) is 62.8 cm³/mol. The van der Waals surface area contributed by atoms with Crippen LogP contribution in [-0.4, -0.2) is 23.0 Å². The highest BCUT2D eigenvalue weighted by Crippen LogP contribution is 2.06. The van der Waals surface area contributed by atoms with Crippen molar-refractivity contribution >= 4 is 10.0 Å². The quantitative estimate of drug-likeness (QED) is 0.835. The summed E-state index contributed by atoms with van der Waals surface area (Å²) in [5, 5.41) is 0.0872. The van der Waals surface area contributed by atoms with Crippen molar-refractivity contribution in [2.45, 2.75) is 18.5 Å². The number of aromatic nitrogens is 3. The monoisotopic (exact) mass is 254 g/mol. The van der Waals surface area contributed by atoms with Gasteiger partial charge in [0.1, 0.15) is 5.82 Å². The average Bonchev–Trinajstić information content (AvgIpc) is 2.85. The fourth-order valence-corrected chi connectivity index (χ4v) is 2.43. The number of hydrogen-bond donors (Lipinski definition) is 2. The lowest BCUT2D eigenvalue weighted by Gasteiger charge is -2.05. The molecule has 0 atom stereocenters. The summed E-state index contributed by atoms with van der Waals surface area (Å²) in [5.74, 6) is 0.573. The summed E-state index contributed by atoms with van der Waals surface area (Å²) in [6.45, 7) is 1.96. The molecule has 0 amide bonds. The van der Waals surface area contributed by atoms with Gasteiger partial charge in [-0.05, 0) is 19.1 Å². The van der Waals surface area contributed by atoms with Gasteiger partial charge in [0.2, 0.25) is 0 Å². The Bertz CT molecular complexity index is 612. The Morgan fingerprint density at radius 3 is 2.82 bits per heavy atom. The summed E-state index contributed by atoms with van der Waals surface area (Å²) >= 11 is 0. The highest BCUT2D eigenvalue weighted by Gasteiger charge is 2.16. The molecule has 0 fully saturated rings. The lowest BCUT2D eigenvalue weighted by molar-refractivity contribution is 0.575. The Morgan fingerprint density at radius 2 is 2.29 bits per heavy atom. The SMILES string of the molecule is Cc1ncc(S(=O)(=O)NCc2cccn2C)[nH]1. The van der Waals surface area contributed by atoms with E-state index in [9.17, 15) is 8.42 Å². The van der Waals surface area contributed by atoms with Crippen LogP contribution in [0.3, 0.4) is 0 Å². The van der Waals surface area contributed by atoms with E-state index in [-0.39, 0.29) is 11.6 Å². The summed E-state index contributed by atoms with van der Waals surface area (Å²) < 4.78 is 28.1. The van der Waals surface area contributed by atoms with E-state index in [1.54, 1.807) is 6.92 Å². The van der Waals surface area contributed by atoms with E-state index in [1.165, 1.54) is 6.20 Å². The molecule has 0 saturated carbocycles. The molecular weight excluding hydrogens is 240 g/mol. The van der Waals surface area contributed by atoms with Crippen molar-refractivity contribution in [2.24, 2.45) is 7.05 Å². The van der Waals surface area contributed by atoms with Crippen LogP contribution in [0.5, 0.6) is 0 Å². The van der Waals surface area contributed by atoms with E-state index < -0.39 is 10.0 Å². The van der Waals surface area contributed by atoms with Gasteiger partial charge in [-0.1, -0.05) is 0 Å². The molecule has 92 valence electrons. The van der Waals surface area contributed by atoms with Gasteiger partial charge in [0.05, 0.1) is 12.7 Å². The summed E-state index contributed by atoms with van der Waals surface area (Å²) in [5.41, 5.74) is 0.893. The Hall–Kier alpha value is -1.60. The van der Waals surface area contributed by atoms with Crippen LogP contribution in [0.25, 0.3) is 0 Å². The number of rotatable bonds is 4. The van der Waals surface area contributed by atoms with Crippen LogP contribution in [-0.2, 0) is 23.6 Å². The maximum atomic E-state index is 11.9. The second kappa shape index (κ2) is 4.34.